The van der Waals surface area contributed by atoms with Gasteiger partial charge in [0.05, 0.1) is 10.6 Å². The van der Waals surface area contributed by atoms with Crippen molar-refractivity contribution in [2.75, 3.05) is 6.26 Å². The van der Waals surface area contributed by atoms with Crippen molar-refractivity contribution in [3.8, 4) is 0 Å². The van der Waals surface area contributed by atoms with Gasteiger partial charge in [0.15, 0.2) is 0 Å². The lowest BCUT2D eigenvalue weighted by Gasteiger charge is -2.38. The Balaban J connectivity index is 1.84. The van der Waals surface area contributed by atoms with Crippen LogP contribution in [0.15, 0.2) is 24.3 Å². The number of halogens is 1. The SMILES string of the molecule is CSC1CC2CCC(C1)N2C(=O)c1ccccc1Cl. The first kappa shape index (κ1) is 13.3. The van der Waals surface area contributed by atoms with Crippen molar-refractivity contribution < 1.29 is 4.79 Å². The predicted molar refractivity (Wildman–Crippen MR) is 81.0 cm³/mol. The lowest BCUT2D eigenvalue weighted by atomic mass is 10.0. The maximum atomic E-state index is 12.7. The number of hydrogen-bond acceptors (Lipinski definition) is 2. The van der Waals surface area contributed by atoms with E-state index in [0.29, 0.717) is 27.9 Å². The molecule has 2 nitrogen and oxygen atoms in total. The van der Waals surface area contributed by atoms with Gasteiger partial charge in [0.25, 0.3) is 5.91 Å². The molecule has 0 N–H and O–H groups in total. The van der Waals surface area contributed by atoms with E-state index in [2.05, 4.69) is 11.2 Å². The van der Waals surface area contributed by atoms with Crippen LogP contribution in [0.3, 0.4) is 0 Å². The van der Waals surface area contributed by atoms with E-state index in [0.717, 1.165) is 25.7 Å². The normalized spacial score (nSPS) is 29.6. The predicted octanol–water partition coefficient (Wildman–Crippen LogP) is 3.84. The summed E-state index contributed by atoms with van der Waals surface area (Å²) in [5, 5.41) is 1.28. The number of nitrogens with zero attached hydrogens (tertiary/aromatic N) is 1. The summed E-state index contributed by atoms with van der Waals surface area (Å²) < 4.78 is 0. The molecular weight excluding hydrogens is 278 g/mol. The lowest BCUT2D eigenvalue weighted by Crippen LogP contribution is -2.47. The molecule has 0 spiro atoms. The fraction of sp³-hybridized carbons (Fsp3) is 0.533. The Morgan fingerprint density at radius 1 is 1.26 bits per heavy atom. The van der Waals surface area contributed by atoms with Gasteiger partial charge in [-0.1, -0.05) is 23.7 Å². The molecule has 102 valence electrons. The largest absolute Gasteiger partial charge is 0.333 e. The monoisotopic (exact) mass is 295 g/mol. The Kier molecular flexibility index (Phi) is 3.77. The summed E-state index contributed by atoms with van der Waals surface area (Å²) in [6.45, 7) is 0. The van der Waals surface area contributed by atoms with Gasteiger partial charge in [-0.15, -0.1) is 0 Å². The van der Waals surface area contributed by atoms with E-state index in [4.69, 9.17) is 11.6 Å². The first-order chi connectivity index (χ1) is 9.20. The second-order valence-corrected chi connectivity index (χ2v) is 6.95. The van der Waals surface area contributed by atoms with Crippen molar-refractivity contribution in [2.45, 2.75) is 43.0 Å². The molecule has 2 saturated heterocycles. The van der Waals surface area contributed by atoms with Gasteiger partial charge in [0.1, 0.15) is 0 Å². The summed E-state index contributed by atoms with van der Waals surface area (Å²) in [4.78, 5) is 14.8. The van der Waals surface area contributed by atoms with Crippen LogP contribution in [0.25, 0.3) is 0 Å². The first-order valence-electron chi connectivity index (χ1n) is 6.80. The Hall–Kier alpha value is -0.670. The highest BCUT2D eigenvalue weighted by Gasteiger charge is 2.43. The molecule has 19 heavy (non-hydrogen) atoms. The minimum atomic E-state index is 0.123. The first-order valence-corrected chi connectivity index (χ1v) is 8.47. The fourth-order valence-corrected chi connectivity index (χ4v) is 4.47. The van der Waals surface area contributed by atoms with E-state index in [9.17, 15) is 4.79 Å². The number of benzene rings is 1. The van der Waals surface area contributed by atoms with Gasteiger partial charge in [0.2, 0.25) is 0 Å². The Morgan fingerprint density at radius 2 is 1.89 bits per heavy atom. The van der Waals surface area contributed by atoms with E-state index in [1.165, 1.54) is 0 Å². The summed E-state index contributed by atoms with van der Waals surface area (Å²) in [5.41, 5.74) is 0.656. The number of carbonyl (C=O) groups is 1. The molecular formula is C15H18ClNOS. The van der Waals surface area contributed by atoms with E-state index >= 15 is 0 Å². The van der Waals surface area contributed by atoms with Gasteiger partial charge in [-0.05, 0) is 44.1 Å². The van der Waals surface area contributed by atoms with Crippen LogP contribution in [0.4, 0.5) is 0 Å². The van der Waals surface area contributed by atoms with Crippen molar-refractivity contribution in [3.63, 3.8) is 0 Å². The Morgan fingerprint density at radius 3 is 2.47 bits per heavy atom. The molecule has 1 amide bonds. The summed E-state index contributed by atoms with van der Waals surface area (Å²) in [6.07, 6.45) is 6.74. The molecule has 3 rings (SSSR count). The number of fused-ring (bicyclic) bond motifs is 2. The zero-order valence-corrected chi connectivity index (χ0v) is 12.6. The highest BCUT2D eigenvalue weighted by Crippen LogP contribution is 2.40. The Labute approximate surface area is 123 Å². The molecule has 2 heterocycles. The zero-order chi connectivity index (χ0) is 13.4. The van der Waals surface area contributed by atoms with Crippen LogP contribution in [0.5, 0.6) is 0 Å². The van der Waals surface area contributed by atoms with E-state index in [-0.39, 0.29) is 5.91 Å². The van der Waals surface area contributed by atoms with Crippen LogP contribution >= 0.6 is 23.4 Å². The average molecular weight is 296 g/mol. The van der Waals surface area contributed by atoms with Crippen molar-refractivity contribution in [1.82, 2.24) is 4.90 Å². The minimum absolute atomic E-state index is 0.123. The van der Waals surface area contributed by atoms with Crippen LogP contribution in [0, 0.1) is 0 Å². The molecule has 2 atom stereocenters. The van der Waals surface area contributed by atoms with Gasteiger partial charge in [-0.2, -0.15) is 11.8 Å². The van der Waals surface area contributed by atoms with Gasteiger partial charge < -0.3 is 4.90 Å². The lowest BCUT2D eigenvalue weighted by molar-refractivity contribution is 0.0602. The molecule has 1 aromatic rings. The number of carbonyl (C=O) groups excluding carboxylic acids is 1. The van der Waals surface area contributed by atoms with Crippen molar-refractivity contribution >= 4 is 29.3 Å². The molecule has 0 saturated carbocycles. The third-order valence-corrected chi connectivity index (χ3v) is 5.74. The van der Waals surface area contributed by atoms with Gasteiger partial charge in [0, 0.05) is 17.3 Å². The standard InChI is InChI=1S/C15H18ClNOS/c1-19-12-8-10-6-7-11(9-12)17(10)15(18)13-4-2-3-5-14(13)16/h2-5,10-12H,6-9H2,1H3. The molecule has 0 aromatic heterocycles. The smallest absolute Gasteiger partial charge is 0.255 e. The quantitative estimate of drug-likeness (QED) is 0.826. The molecule has 2 aliphatic heterocycles. The second kappa shape index (κ2) is 5.37. The number of hydrogen-bond donors (Lipinski definition) is 0. The number of amides is 1. The summed E-state index contributed by atoms with van der Waals surface area (Å²) in [5.74, 6) is 0.123. The highest BCUT2D eigenvalue weighted by molar-refractivity contribution is 7.99. The maximum Gasteiger partial charge on any atom is 0.255 e. The van der Waals surface area contributed by atoms with Gasteiger partial charge in [-0.3, -0.25) is 4.79 Å². The third kappa shape index (κ3) is 2.38. The van der Waals surface area contributed by atoms with Crippen LogP contribution in [0.1, 0.15) is 36.0 Å². The molecule has 2 aliphatic rings. The number of piperidine rings is 1. The molecule has 2 fully saturated rings. The molecule has 2 bridgehead atoms. The molecule has 4 heteroatoms. The van der Waals surface area contributed by atoms with Crippen molar-refractivity contribution in [2.24, 2.45) is 0 Å². The Bertz CT molecular complexity index is 479. The second-order valence-electron chi connectivity index (χ2n) is 5.41. The summed E-state index contributed by atoms with van der Waals surface area (Å²) in [6, 6.07) is 8.22. The number of rotatable bonds is 2. The topological polar surface area (TPSA) is 20.3 Å². The third-order valence-electron chi connectivity index (χ3n) is 4.36. The molecule has 0 aliphatic carbocycles. The van der Waals surface area contributed by atoms with Crippen molar-refractivity contribution in [1.29, 1.82) is 0 Å². The number of thioether (sulfide) groups is 1. The summed E-state index contributed by atoms with van der Waals surface area (Å²) in [7, 11) is 0. The van der Waals surface area contributed by atoms with Crippen LogP contribution < -0.4 is 0 Å². The maximum absolute atomic E-state index is 12.7. The van der Waals surface area contributed by atoms with E-state index in [1.807, 2.05) is 30.0 Å². The fourth-order valence-electron chi connectivity index (χ4n) is 3.42. The summed E-state index contributed by atoms with van der Waals surface area (Å²) >= 11 is 8.10. The van der Waals surface area contributed by atoms with Crippen LogP contribution in [-0.4, -0.2) is 34.4 Å². The van der Waals surface area contributed by atoms with Crippen LogP contribution in [0.2, 0.25) is 5.02 Å². The van der Waals surface area contributed by atoms with Gasteiger partial charge in [-0.25, -0.2) is 0 Å². The van der Waals surface area contributed by atoms with E-state index in [1.54, 1.807) is 6.07 Å². The molecule has 2 unspecified atom stereocenters. The van der Waals surface area contributed by atoms with Gasteiger partial charge >= 0.3 is 0 Å². The molecule has 1 aromatic carbocycles. The van der Waals surface area contributed by atoms with Crippen molar-refractivity contribution in [3.05, 3.63) is 34.9 Å². The minimum Gasteiger partial charge on any atom is -0.333 e. The highest BCUT2D eigenvalue weighted by atomic mass is 35.5. The van der Waals surface area contributed by atoms with Crippen LogP contribution in [-0.2, 0) is 0 Å². The molecule has 0 radical (unpaired) electrons. The average Bonchev–Trinajstić information content (AvgIpc) is 2.69. The van der Waals surface area contributed by atoms with E-state index < -0.39 is 0 Å². The zero-order valence-electron chi connectivity index (χ0n) is 11.0.